The van der Waals surface area contributed by atoms with Crippen molar-refractivity contribution in [2.75, 3.05) is 0 Å². The van der Waals surface area contributed by atoms with Crippen LogP contribution in [0.25, 0.3) is 23.0 Å². The molecule has 0 radical (unpaired) electrons. The standard InChI is InChI=1S/C24H17FN2O3/c25-19-10-8-17(9-11-19)22-15-27(24(30)26-22)20-5-2-4-18(14-20)23(29)12-7-16-3-1-6-21(28)13-16/h1-15,28H,(H,26,30). The number of rotatable bonds is 5. The summed E-state index contributed by atoms with van der Waals surface area (Å²) in [5.74, 6) is -0.469. The lowest BCUT2D eigenvalue weighted by atomic mass is 10.1. The van der Waals surface area contributed by atoms with Crippen LogP contribution >= 0.6 is 0 Å². The molecule has 3 aromatic carbocycles. The lowest BCUT2D eigenvalue weighted by Gasteiger charge is -2.03. The Morgan fingerprint density at radius 1 is 1.00 bits per heavy atom. The van der Waals surface area contributed by atoms with E-state index in [9.17, 15) is 19.1 Å². The zero-order valence-corrected chi connectivity index (χ0v) is 15.7. The van der Waals surface area contributed by atoms with Crippen molar-refractivity contribution in [1.82, 2.24) is 9.55 Å². The second-order valence-corrected chi connectivity index (χ2v) is 6.69. The fraction of sp³-hybridized carbons (Fsp3) is 0. The molecule has 4 aromatic rings. The third-order valence-electron chi connectivity index (χ3n) is 4.58. The van der Waals surface area contributed by atoms with Crippen molar-refractivity contribution in [1.29, 1.82) is 0 Å². The van der Waals surface area contributed by atoms with Gasteiger partial charge in [0.25, 0.3) is 0 Å². The number of imidazole rings is 1. The average molecular weight is 400 g/mol. The van der Waals surface area contributed by atoms with Gasteiger partial charge in [-0.1, -0.05) is 30.3 Å². The summed E-state index contributed by atoms with van der Waals surface area (Å²) in [4.78, 5) is 27.7. The Hall–Kier alpha value is -4.19. The first-order valence-electron chi connectivity index (χ1n) is 9.19. The van der Waals surface area contributed by atoms with Gasteiger partial charge in [0.1, 0.15) is 11.6 Å². The van der Waals surface area contributed by atoms with Gasteiger partial charge in [-0.25, -0.2) is 9.18 Å². The van der Waals surface area contributed by atoms with Gasteiger partial charge in [-0.2, -0.15) is 0 Å². The van der Waals surface area contributed by atoms with E-state index >= 15 is 0 Å². The number of aromatic hydroxyl groups is 1. The third-order valence-corrected chi connectivity index (χ3v) is 4.58. The molecule has 0 atom stereocenters. The normalized spacial score (nSPS) is 11.1. The molecule has 1 aromatic heterocycles. The van der Waals surface area contributed by atoms with Crippen LogP contribution in [0.4, 0.5) is 4.39 Å². The van der Waals surface area contributed by atoms with Crippen molar-refractivity contribution < 1.29 is 14.3 Å². The number of carbonyl (C=O) groups is 1. The van der Waals surface area contributed by atoms with Gasteiger partial charge in [0.05, 0.1) is 11.4 Å². The number of allylic oxidation sites excluding steroid dienone is 1. The maximum absolute atomic E-state index is 13.1. The van der Waals surface area contributed by atoms with Crippen LogP contribution in [-0.2, 0) is 0 Å². The topological polar surface area (TPSA) is 75.1 Å². The molecular weight excluding hydrogens is 383 g/mol. The molecule has 0 aliphatic carbocycles. The molecule has 0 amide bonds. The number of aromatic nitrogens is 2. The summed E-state index contributed by atoms with van der Waals surface area (Å²) in [7, 11) is 0. The molecule has 0 aliphatic heterocycles. The predicted molar refractivity (Wildman–Crippen MR) is 113 cm³/mol. The number of H-pyrrole nitrogens is 1. The number of phenols is 1. The summed E-state index contributed by atoms with van der Waals surface area (Å²) in [6.45, 7) is 0. The average Bonchev–Trinajstić information content (AvgIpc) is 3.14. The highest BCUT2D eigenvalue weighted by atomic mass is 19.1. The Bertz CT molecular complexity index is 1300. The number of carbonyl (C=O) groups excluding carboxylic acids is 1. The van der Waals surface area contributed by atoms with E-state index in [1.807, 2.05) is 0 Å². The highest BCUT2D eigenvalue weighted by Crippen LogP contribution is 2.19. The van der Waals surface area contributed by atoms with Gasteiger partial charge in [0.15, 0.2) is 5.78 Å². The van der Waals surface area contributed by atoms with Crippen molar-refractivity contribution >= 4 is 11.9 Å². The van der Waals surface area contributed by atoms with E-state index < -0.39 is 0 Å². The first-order chi connectivity index (χ1) is 14.5. The van der Waals surface area contributed by atoms with Crippen LogP contribution < -0.4 is 5.69 Å². The van der Waals surface area contributed by atoms with Crippen LogP contribution in [-0.4, -0.2) is 20.4 Å². The van der Waals surface area contributed by atoms with Crippen LogP contribution in [0, 0.1) is 5.82 Å². The minimum Gasteiger partial charge on any atom is -0.508 e. The van der Waals surface area contributed by atoms with Crippen molar-refractivity contribution in [2.24, 2.45) is 0 Å². The summed E-state index contributed by atoms with van der Waals surface area (Å²) in [6, 6.07) is 19.1. The second kappa shape index (κ2) is 8.05. The van der Waals surface area contributed by atoms with Crippen molar-refractivity contribution in [3.05, 3.63) is 112 Å². The molecule has 0 spiro atoms. The van der Waals surface area contributed by atoms with Crippen molar-refractivity contribution in [3.8, 4) is 22.7 Å². The van der Waals surface area contributed by atoms with E-state index in [1.54, 1.807) is 72.9 Å². The van der Waals surface area contributed by atoms with E-state index in [2.05, 4.69) is 4.98 Å². The van der Waals surface area contributed by atoms with Gasteiger partial charge in [0, 0.05) is 11.8 Å². The smallest absolute Gasteiger partial charge is 0.330 e. The van der Waals surface area contributed by atoms with Crippen LogP contribution in [0.2, 0.25) is 0 Å². The lowest BCUT2D eigenvalue weighted by molar-refractivity contribution is 0.104. The molecule has 1 heterocycles. The lowest BCUT2D eigenvalue weighted by Crippen LogP contribution is -2.14. The number of hydrogen-bond donors (Lipinski definition) is 2. The maximum atomic E-state index is 13.1. The van der Waals surface area contributed by atoms with Crippen LogP contribution in [0.3, 0.4) is 0 Å². The number of halogens is 1. The fourth-order valence-electron chi connectivity index (χ4n) is 3.07. The molecule has 0 saturated carbocycles. The minimum atomic E-state index is -0.366. The predicted octanol–water partition coefficient (Wildman–Crippen LogP) is 4.57. The number of nitrogens with zero attached hydrogens (tertiary/aromatic N) is 1. The van der Waals surface area contributed by atoms with E-state index in [1.165, 1.54) is 22.8 Å². The number of aromatic amines is 1. The molecular formula is C24H17FN2O3. The Balaban J connectivity index is 1.61. The summed E-state index contributed by atoms with van der Waals surface area (Å²) >= 11 is 0. The number of hydrogen-bond acceptors (Lipinski definition) is 3. The van der Waals surface area contributed by atoms with E-state index in [4.69, 9.17) is 0 Å². The molecule has 148 valence electrons. The van der Waals surface area contributed by atoms with E-state index in [0.717, 1.165) is 0 Å². The third kappa shape index (κ3) is 4.12. The Labute approximate surface area is 171 Å². The second-order valence-electron chi connectivity index (χ2n) is 6.69. The molecule has 0 aliphatic rings. The summed E-state index contributed by atoms with van der Waals surface area (Å²) < 4.78 is 14.5. The van der Waals surface area contributed by atoms with Crippen molar-refractivity contribution in [2.45, 2.75) is 0 Å². The molecule has 0 saturated heterocycles. The Morgan fingerprint density at radius 2 is 1.77 bits per heavy atom. The number of phenolic OH excluding ortho intramolecular Hbond substituents is 1. The Morgan fingerprint density at radius 3 is 2.53 bits per heavy atom. The summed E-state index contributed by atoms with van der Waals surface area (Å²) in [6.07, 6.45) is 4.64. The van der Waals surface area contributed by atoms with Gasteiger partial charge in [-0.15, -0.1) is 0 Å². The van der Waals surface area contributed by atoms with Gasteiger partial charge in [-0.3, -0.25) is 9.36 Å². The molecule has 6 heteroatoms. The van der Waals surface area contributed by atoms with Gasteiger partial charge in [-0.05, 0) is 65.7 Å². The maximum Gasteiger partial charge on any atom is 0.330 e. The zero-order valence-electron chi connectivity index (χ0n) is 15.7. The fourth-order valence-corrected chi connectivity index (χ4v) is 3.07. The summed E-state index contributed by atoms with van der Waals surface area (Å²) in [5, 5.41) is 9.51. The number of nitrogens with one attached hydrogen (secondary N) is 1. The van der Waals surface area contributed by atoms with Crippen LogP contribution in [0.5, 0.6) is 5.75 Å². The zero-order chi connectivity index (χ0) is 21.1. The quantitative estimate of drug-likeness (QED) is 0.381. The van der Waals surface area contributed by atoms with E-state index in [0.29, 0.717) is 28.1 Å². The Kier molecular flexibility index (Phi) is 5.13. The SMILES string of the molecule is O=C(C=Cc1cccc(O)c1)c1cccc(-n2cc(-c3ccc(F)cc3)[nH]c2=O)c1. The number of ketones is 1. The van der Waals surface area contributed by atoms with Crippen molar-refractivity contribution in [3.63, 3.8) is 0 Å². The minimum absolute atomic E-state index is 0.121. The molecule has 5 nitrogen and oxygen atoms in total. The first kappa shape index (κ1) is 19.1. The van der Waals surface area contributed by atoms with Crippen LogP contribution in [0.1, 0.15) is 15.9 Å². The molecule has 2 N–H and O–H groups in total. The number of benzene rings is 3. The first-order valence-corrected chi connectivity index (χ1v) is 9.19. The highest BCUT2D eigenvalue weighted by Gasteiger charge is 2.09. The molecule has 0 bridgehead atoms. The van der Waals surface area contributed by atoms with Crippen LogP contribution in [0.15, 0.2) is 89.9 Å². The molecule has 0 unspecified atom stereocenters. The van der Waals surface area contributed by atoms with Gasteiger partial charge in [0.2, 0.25) is 0 Å². The molecule has 30 heavy (non-hydrogen) atoms. The van der Waals surface area contributed by atoms with E-state index in [-0.39, 0.29) is 23.0 Å². The molecule has 4 rings (SSSR count). The highest BCUT2D eigenvalue weighted by molar-refractivity contribution is 6.07. The van der Waals surface area contributed by atoms with Gasteiger partial charge >= 0.3 is 5.69 Å². The van der Waals surface area contributed by atoms with Gasteiger partial charge < -0.3 is 10.1 Å². The summed E-state index contributed by atoms with van der Waals surface area (Å²) in [5.41, 5.74) is 2.50. The monoisotopic (exact) mass is 400 g/mol. The largest absolute Gasteiger partial charge is 0.508 e. The molecule has 0 fully saturated rings.